The summed E-state index contributed by atoms with van der Waals surface area (Å²) >= 11 is 4.65. The quantitative estimate of drug-likeness (QED) is 0.559. The van der Waals surface area contributed by atoms with Crippen LogP contribution in [-0.2, 0) is 6.42 Å². The van der Waals surface area contributed by atoms with E-state index < -0.39 is 11.6 Å². The van der Waals surface area contributed by atoms with Gasteiger partial charge in [-0.15, -0.1) is 34.0 Å². The molecular weight excluding hydrogens is 323 g/mol. The Labute approximate surface area is 126 Å². The number of rotatable bonds is 2. The Hall–Kier alpha value is -0.660. The minimum Gasteiger partial charge on any atom is -0.230 e. The van der Waals surface area contributed by atoms with Crippen molar-refractivity contribution in [2.75, 3.05) is 0 Å². The Bertz CT molecular complexity index is 776. The van der Waals surface area contributed by atoms with E-state index in [1.54, 1.807) is 22.7 Å². The largest absolute Gasteiger partial charge is 0.394 e. The first-order valence-electron chi connectivity index (χ1n) is 6.02. The van der Waals surface area contributed by atoms with Crippen LogP contribution in [0.15, 0.2) is 6.07 Å². The SMILES string of the molecule is Cc1cc2sc3nc(CC(C)(C)C(F)(F)F)sc3c2s1. The average molecular weight is 335 g/mol. The molecule has 1 nitrogen and oxygen atoms in total. The molecule has 7 heteroatoms. The molecule has 0 radical (unpaired) electrons. The highest BCUT2D eigenvalue weighted by molar-refractivity contribution is 7.38. The number of thiazole rings is 1. The van der Waals surface area contributed by atoms with E-state index in [4.69, 9.17) is 0 Å². The lowest BCUT2D eigenvalue weighted by atomic mass is 9.89. The average Bonchev–Trinajstić information content (AvgIpc) is 2.86. The van der Waals surface area contributed by atoms with E-state index in [9.17, 15) is 13.2 Å². The standard InChI is InChI=1S/C13H12F3NS3/c1-6-4-7-9(18-6)10-11(19-7)17-8(20-10)5-12(2,3)13(14,15)16/h4H,5H2,1-3H3. The number of aromatic nitrogens is 1. The van der Waals surface area contributed by atoms with Crippen molar-refractivity contribution in [3.05, 3.63) is 16.0 Å². The summed E-state index contributed by atoms with van der Waals surface area (Å²) in [5.74, 6) is 0. The summed E-state index contributed by atoms with van der Waals surface area (Å²) in [6.45, 7) is 4.50. The normalized spacial score (nSPS) is 13.7. The predicted molar refractivity (Wildman–Crippen MR) is 81.2 cm³/mol. The van der Waals surface area contributed by atoms with Crippen molar-refractivity contribution in [2.24, 2.45) is 5.41 Å². The van der Waals surface area contributed by atoms with E-state index in [-0.39, 0.29) is 6.42 Å². The van der Waals surface area contributed by atoms with Gasteiger partial charge in [-0.25, -0.2) is 4.98 Å². The lowest BCUT2D eigenvalue weighted by Crippen LogP contribution is -2.34. The van der Waals surface area contributed by atoms with Crippen LogP contribution in [0.1, 0.15) is 23.7 Å². The number of fused-ring (bicyclic) bond motifs is 3. The van der Waals surface area contributed by atoms with Gasteiger partial charge in [0.25, 0.3) is 0 Å². The topological polar surface area (TPSA) is 12.9 Å². The first kappa shape index (κ1) is 14.3. The minimum absolute atomic E-state index is 0.0611. The molecule has 3 heterocycles. The van der Waals surface area contributed by atoms with Crippen molar-refractivity contribution >= 4 is 52.9 Å². The number of alkyl halides is 3. The zero-order chi connectivity index (χ0) is 14.7. The van der Waals surface area contributed by atoms with Gasteiger partial charge in [0.05, 0.1) is 19.8 Å². The summed E-state index contributed by atoms with van der Waals surface area (Å²) in [4.78, 5) is 6.48. The van der Waals surface area contributed by atoms with E-state index in [0.717, 1.165) is 14.2 Å². The van der Waals surface area contributed by atoms with Gasteiger partial charge in [0.2, 0.25) is 0 Å². The van der Waals surface area contributed by atoms with Crippen LogP contribution in [0, 0.1) is 12.3 Å². The molecule has 3 rings (SSSR count). The highest BCUT2D eigenvalue weighted by Gasteiger charge is 2.47. The van der Waals surface area contributed by atoms with Gasteiger partial charge in [-0.05, 0) is 13.0 Å². The molecule has 0 spiro atoms. The van der Waals surface area contributed by atoms with Gasteiger partial charge in [0.1, 0.15) is 4.83 Å². The second kappa shape index (κ2) is 4.42. The van der Waals surface area contributed by atoms with Gasteiger partial charge < -0.3 is 0 Å². The Morgan fingerprint density at radius 3 is 2.45 bits per heavy atom. The number of halogens is 3. The zero-order valence-electron chi connectivity index (χ0n) is 11.1. The molecule has 0 bridgehead atoms. The van der Waals surface area contributed by atoms with Crippen molar-refractivity contribution in [2.45, 2.75) is 33.4 Å². The fourth-order valence-electron chi connectivity index (χ4n) is 1.94. The van der Waals surface area contributed by atoms with Gasteiger partial charge in [-0.3, -0.25) is 0 Å². The molecule has 0 amide bonds. The summed E-state index contributed by atoms with van der Waals surface area (Å²) in [6, 6.07) is 2.11. The molecule has 0 atom stereocenters. The molecule has 0 saturated carbocycles. The van der Waals surface area contributed by atoms with Crippen LogP contribution < -0.4 is 0 Å². The van der Waals surface area contributed by atoms with Crippen LogP contribution in [0.4, 0.5) is 13.2 Å². The van der Waals surface area contributed by atoms with Crippen LogP contribution >= 0.6 is 34.0 Å². The maximum absolute atomic E-state index is 12.9. The molecule has 3 aromatic heterocycles. The van der Waals surface area contributed by atoms with E-state index in [1.807, 2.05) is 6.92 Å². The Morgan fingerprint density at radius 2 is 1.80 bits per heavy atom. The lowest BCUT2D eigenvalue weighted by molar-refractivity contribution is -0.211. The van der Waals surface area contributed by atoms with Crippen molar-refractivity contribution in [3.63, 3.8) is 0 Å². The molecule has 20 heavy (non-hydrogen) atoms. The van der Waals surface area contributed by atoms with E-state index >= 15 is 0 Å². The summed E-state index contributed by atoms with van der Waals surface area (Å²) in [6.07, 6.45) is -4.27. The van der Waals surface area contributed by atoms with Crippen LogP contribution in [-0.4, -0.2) is 11.2 Å². The molecule has 0 unspecified atom stereocenters. The van der Waals surface area contributed by atoms with E-state index in [0.29, 0.717) is 5.01 Å². The Balaban J connectivity index is 2.01. The molecule has 0 fully saturated rings. The maximum Gasteiger partial charge on any atom is 0.394 e. The molecular formula is C13H12F3NS3. The van der Waals surface area contributed by atoms with Gasteiger partial charge in [0.15, 0.2) is 0 Å². The summed E-state index contributed by atoms with van der Waals surface area (Å²) in [5.41, 5.74) is -1.74. The van der Waals surface area contributed by atoms with Crippen molar-refractivity contribution < 1.29 is 13.2 Å². The summed E-state index contributed by atoms with van der Waals surface area (Å²) in [7, 11) is 0. The third-order valence-electron chi connectivity index (χ3n) is 3.23. The van der Waals surface area contributed by atoms with Crippen LogP contribution in [0.5, 0.6) is 0 Å². The Morgan fingerprint density at radius 1 is 1.10 bits per heavy atom. The summed E-state index contributed by atoms with van der Waals surface area (Å²) < 4.78 is 42.2. The van der Waals surface area contributed by atoms with Crippen molar-refractivity contribution in [1.29, 1.82) is 0 Å². The highest BCUT2D eigenvalue weighted by Crippen LogP contribution is 2.45. The molecule has 0 aliphatic carbocycles. The third-order valence-corrected chi connectivity index (χ3v) is 6.79. The van der Waals surface area contributed by atoms with Crippen LogP contribution in [0.25, 0.3) is 18.9 Å². The lowest BCUT2D eigenvalue weighted by Gasteiger charge is -2.26. The molecule has 0 aromatic carbocycles. The zero-order valence-corrected chi connectivity index (χ0v) is 13.5. The second-order valence-electron chi connectivity index (χ2n) is 5.45. The third kappa shape index (κ3) is 2.25. The molecule has 0 N–H and O–H groups in total. The smallest absolute Gasteiger partial charge is 0.230 e. The van der Waals surface area contributed by atoms with Crippen LogP contribution in [0.3, 0.4) is 0 Å². The monoisotopic (exact) mass is 335 g/mol. The van der Waals surface area contributed by atoms with Crippen LogP contribution in [0.2, 0.25) is 0 Å². The Kier molecular flexibility index (Phi) is 3.15. The fourth-order valence-corrected chi connectivity index (χ4v) is 5.93. The first-order valence-corrected chi connectivity index (χ1v) is 8.47. The number of thiophene rings is 2. The van der Waals surface area contributed by atoms with E-state index in [2.05, 4.69) is 11.1 Å². The molecule has 3 aromatic rings. The molecule has 0 aliphatic heterocycles. The second-order valence-corrected chi connectivity index (χ2v) is 8.82. The van der Waals surface area contributed by atoms with Gasteiger partial charge >= 0.3 is 6.18 Å². The maximum atomic E-state index is 12.9. The van der Waals surface area contributed by atoms with Gasteiger partial charge in [-0.2, -0.15) is 13.2 Å². The van der Waals surface area contributed by atoms with Crippen molar-refractivity contribution in [3.8, 4) is 0 Å². The number of hydrogen-bond donors (Lipinski definition) is 0. The highest BCUT2D eigenvalue weighted by atomic mass is 32.1. The molecule has 0 aliphatic rings. The molecule has 108 valence electrons. The first-order chi connectivity index (χ1) is 9.17. The predicted octanol–water partition coefficient (Wildman–Crippen LogP) is 6.01. The number of aryl methyl sites for hydroxylation is 1. The van der Waals surface area contributed by atoms with Crippen molar-refractivity contribution in [1.82, 2.24) is 4.98 Å². The van der Waals surface area contributed by atoms with E-state index in [1.165, 1.54) is 34.8 Å². The van der Waals surface area contributed by atoms with Gasteiger partial charge in [-0.1, -0.05) is 13.8 Å². The summed E-state index contributed by atoms with van der Waals surface area (Å²) in [5, 5.41) is 0.571. The fraction of sp³-hybridized carbons (Fsp3) is 0.462. The number of nitrogens with zero attached hydrogens (tertiary/aromatic N) is 1. The number of hydrogen-bond acceptors (Lipinski definition) is 4. The van der Waals surface area contributed by atoms with Gasteiger partial charge in [0, 0.05) is 16.0 Å². The minimum atomic E-state index is -4.21. The molecule has 0 saturated heterocycles.